The molecule has 174 valence electrons. The predicted octanol–water partition coefficient (Wildman–Crippen LogP) is 2.94. The summed E-state index contributed by atoms with van der Waals surface area (Å²) in [5, 5.41) is 0. The van der Waals surface area contributed by atoms with Crippen LogP contribution in [-0.4, -0.2) is 73.5 Å². The molecule has 0 saturated carbocycles. The number of carbonyl (C=O) groups excluding carboxylic acids is 1. The topological polar surface area (TPSA) is 62.0 Å². The van der Waals surface area contributed by atoms with Crippen LogP contribution in [0.3, 0.4) is 0 Å². The number of hydrogen-bond acceptors (Lipinski definition) is 5. The van der Waals surface area contributed by atoms with Crippen LogP contribution >= 0.6 is 0 Å². The van der Waals surface area contributed by atoms with Crippen LogP contribution in [0.5, 0.6) is 5.75 Å². The lowest BCUT2D eigenvalue weighted by molar-refractivity contribution is -0.138. The van der Waals surface area contributed by atoms with Gasteiger partial charge in [-0.05, 0) is 67.9 Å². The minimum Gasteiger partial charge on any atom is -0.496 e. The highest BCUT2D eigenvalue weighted by Gasteiger charge is 2.30. The van der Waals surface area contributed by atoms with Crippen LogP contribution in [0.2, 0.25) is 0 Å². The van der Waals surface area contributed by atoms with Gasteiger partial charge in [-0.2, -0.15) is 0 Å². The SMILES string of the molecule is C=C/C=C(\C=C/N)CN1CCC(C(=O)N2CCN(Cc3ccc(OC)c(C)c3)CC2)CC1. The molecular weight excluding hydrogens is 400 g/mol. The van der Waals surface area contributed by atoms with Crippen LogP contribution in [0.4, 0.5) is 0 Å². The Balaban J connectivity index is 1.43. The zero-order valence-electron chi connectivity index (χ0n) is 19.6. The van der Waals surface area contributed by atoms with E-state index in [2.05, 4.69) is 40.3 Å². The molecule has 2 N–H and O–H groups in total. The molecule has 0 aromatic heterocycles. The van der Waals surface area contributed by atoms with E-state index in [0.29, 0.717) is 5.91 Å². The van der Waals surface area contributed by atoms with Crippen molar-refractivity contribution in [3.63, 3.8) is 0 Å². The molecule has 0 radical (unpaired) electrons. The zero-order chi connectivity index (χ0) is 22.9. The largest absolute Gasteiger partial charge is 0.496 e. The average molecular weight is 439 g/mol. The van der Waals surface area contributed by atoms with E-state index in [0.717, 1.165) is 82.1 Å². The summed E-state index contributed by atoms with van der Waals surface area (Å²) in [5.74, 6) is 1.42. The maximum atomic E-state index is 13.1. The van der Waals surface area contributed by atoms with Gasteiger partial charge in [-0.25, -0.2) is 0 Å². The molecule has 2 aliphatic rings. The average Bonchev–Trinajstić information content (AvgIpc) is 2.80. The normalized spacial score (nSPS) is 19.4. The number of nitrogens with two attached hydrogens (primary N) is 1. The van der Waals surface area contributed by atoms with Gasteiger partial charge < -0.3 is 15.4 Å². The van der Waals surface area contributed by atoms with Crippen molar-refractivity contribution in [2.24, 2.45) is 11.7 Å². The van der Waals surface area contributed by atoms with Gasteiger partial charge in [0.05, 0.1) is 7.11 Å². The third-order valence-corrected chi connectivity index (χ3v) is 6.53. The first-order valence-electron chi connectivity index (χ1n) is 11.6. The monoisotopic (exact) mass is 438 g/mol. The number of nitrogens with zero attached hydrogens (tertiary/aromatic N) is 3. The zero-order valence-corrected chi connectivity index (χ0v) is 19.6. The fraction of sp³-hybridized carbons (Fsp3) is 0.500. The number of ether oxygens (including phenoxy) is 1. The molecule has 2 fully saturated rings. The Bertz CT molecular complexity index is 832. The van der Waals surface area contributed by atoms with Gasteiger partial charge in [0.2, 0.25) is 5.91 Å². The van der Waals surface area contributed by atoms with Crippen LogP contribution in [0.1, 0.15) is 24.0 Å². The standard InChI is InChI=1S/C26H38N4O2/c1-4-5-22(8-11-27)19-28-12-9-24(10-13-28)26(31)30-16-14-29(15-17-30)20-23-6-7-25(32-3)21(2)18-23/h4-8,11,18,24H,1,9-10,12-17,19-20,27H2,2-3H3/b11-8-,22-5+. The van der Waals surface area contributed by atoms with Gasteiger partial charge in [-0.1, -0.05) is 30.9 Å². The quantitative estimate of drug-likeness (QED) is 0.633. The van der Waals surface area contributed by atoms with Gasteiger partial charge in [0, 0.05) is 45.2 Å². The summed E-state index contributed by atoms with van der Waals surface area (Å²) in [5.41, 5.74) is 9.16. The lowest BCUT2D eigenvalue weighted by Crippen LogP contribution is -2.51. The highest BCUT2D eigenvalue weighted by Crippen LogP contribution is 2.23. The number of likely N-dealkylation sites (tertiary alicyclic amines) is 1. The number of benzene rings is 1. The third kappa shape index (κ3) is 6.47. The molecule has 1 aromatic rings. The Labute approximate surface area is 193 Å². The molecule has 6 heteroatoms. The number of amides is 1. The molecule has 2 aliphatic heterocycles. The molecule has 0 bridgehead atoms. The molecule has 3 rings (SSSR count). The molecular formula is C26H38N4O2. The molecule has 2 saturated heterocycles. The number of rotatable bonds is 8. The highest BCUT2D eigenvalue weighted by atomic mass is 16.5. The number of piperazine rings is 1. The van der Waals surface area contributed by atoms with E-state index < -0.39 is 0 Å². The number of carbonyl (C=O) groups is 1. The summed E-state index contributed by atoms with van der Waals surface area (Å²) < 4.78 is 5.36. The number of hydrogen-bond donors (Lipinski definition) is 1. The van der Waals surface area contributed by atoms with Crippen LogP contribution < -0.4 is 10.5 Å². The fourth-order valence-electron chi connectivity index (χ4n) is 4.71. The second-order valence-electron chi connectivity index (χ2n) is 8.79. The maximum Gasteiger partial charge on any atom is 0.225 e. The maximum absolute atomic E-state index is 13.1. The summed E-state index contributed by atoms with van der Waals surface area (Å²) in [6.45, 7) is 13.0. The number of piperidine rings is 1. The van der Waals surface area contributed by atoms with Crippen molar-refractivity contribution in [3.05, 3.63) is 65.9 Å². The number of methoxy groups -OCH3 is 1. The third-order valence-electron chi connectivity index (χ3n) is 6.53. The van der Waals surface area contributed by atoms with E-state index in [4.69, 9.17) is 10.5 Å². The van der Waals surface area contributed by atoms with Crippen LogP contribution in [0.15, 0.2) is 54.8 Å². The smallest absolute Gasteiger partial charge is 0.225 e. The van der Waals surface area contributed by atoms with Crippen molar-refractivity contribution in [1.29, 1.82) is 0 Å². The summed E-state index contributed by atoms with van der Waals surface area (Å²) in [6.07, 6.45) is 9.14. The second-order valence-corrected chi connectivity index (χ2v) is 8.79. The Morgan fingerprint density at radius 1 is 1.16 bits per heavy atom. The Kier molecular flexibility index (Phi) is 8.94. The van der Waals surface area contributed by atoms with Gasteiger partial charge in [0.1, 0.15) is 5.75 Å². The van der Waals surface area contributed by atoms with E-state index in [1.54, 1.807) is 19.4 Å². The summed E-state index contributed by atoms with van der Waals surface area (Å²) in [7, 11) is 1.71. The van der Waals surface area contributed by atoms with Crippen molar-refractivity contribution in [3.8, 4) is 5.75 Å². The predicted molar refractivity (Wildman–Crippen MR) is 130 cm³/mol. The summed E-state index contributed by atoms with van der Waals surface area (Å²) >= 11 is 0. The Morgan fingerprint density at radius 2 is 1.88 bits per heavy atom. The molecule has 32 heavy (non-hydrogen) atoms. The lowest BCUT2D eigenvalue weighted by atomic mass is 9.94. The highest BCUT2D eigenvalue weighted by molar-refractivity contribution is 5.79. The number of aryl methyl sites for hydroxylation is 1. The van der Waals surface area contributed by atoms with Gasteiger partial charge in [-0.15, -0.1) is 0 Å². The van der Waals surface area contributed by atoms with Crippen LogP contribution in [0.25, 0.3) is 0 Å². The molecule has 6 nitrogen and oxygen atoms in total. The van der Waals surface area contributed by atoms with Crippen LogP contribution in [-0.2, 0) is 11.3 Å². The van der Waals surface area contributed by atoms with E-state index in [1.807, 2.05) is 18.2 Å². The van der Waals surface area contributed by atoms with Crippen molar-refractivity contribution >= 4 is 5.91 Å². The second kappa shape index (κ2) is 11.9. The summed E-state index contributed by atoms with van der Waals surface area (Å²) in [4.78, 5) is 20.0. The van der Waals surface area contributed by atoms with Crippen molar-refractivity contribution in [2.45, 2.75) is 26.3 Å². The first-order chi connectivity index (χ1) is 15.5. The van der Waals surface area contributed by atoms with Gasteiger partial charge in [0.15, 0.2) is 0 Å². The van der Waals surface area contributed by atoms with Crippen molar-refractivity contribution in [1.82, 2.24) is 14.7 Å². The minimum absolute atomic E-state index is 0.152. The van der Waals surface area contributed by atoms with Gasteiger partial charge in [-0.3, -0.25) is 14.6 Å². The number of allylic oxidation sites excluding steroid dienone is 2. The Morgan fingerprint density at radius 3 is 2.47 bits per heavy atom. The van der Waals surface area contributed by atoms with Crippen LogP contribution in [0, 0.1) is 12.8 Å². The van der Waals surface area contributed by atoms with Crippen molar-refractivity contribution in [2.75, 3.05) is 52.9 Å². The molecule has 0 spiro atoms. The van der Waals surface area contributed by atoms with Gasteiger partial charge in [0.25, 0.3) is 0 Å². The first-order valence-corrected chi connectivity index (χ1v) is 11.6. The van der Waals surface area contributed by atoms with Crippen molar-refractivity contribution < 1.29 is 9.53 Å². The molecule has 2 heterocycles. The van der Waals surface area contributed by atoms with E-state index in [9.17, 15) is 4.79 Å². The lowest BCUT2D eigenvalue weighted by Gasteiger charge is -2.38. The molecule has 1 amide bonds. The van der Waals surface area contributed by atoms with E-state index in [1.165, 1.54) is 5.56 Å². The minimum atomic E-state index is 0.152. The first kappa shape index (κ1) is 24.1. The summed E-state index contributed by atoms with van der Waals surface area (Å²) in [6, 6.07) is 6.37. The van der Waals surface area contributed by atoms with Gasteiger partial charge >= 0.3 is 0 Å². The van der Waals surface area contributed by atoms with E-state index >= 15 is 0 Å². The molecule has 1 aromatic carbocycles. The van der Waals surface area contributed by atoms with E-state index in [-0.39, 0.29) is 5.92 Å². The molecule has 0 unspecified atom stereocenters. The molecule has 0 atom stereocenters. The Hall–Kier alpha value is -2.57. The molecule has 0 aliphatic carbocycles. The fourth-order valence-corrected chi connectivity index (χ4v) is 4.71.